The molecule has 1 saturated heterocycles. The minimum absolute atomic E-state index is 0.00432. The van der Waals surface area contributed by atoms with Crippen LogP contribution < -0.4 is 5.73 Å². The molecule has 1 aliphatic rings. The van der Waals surface area contributed by atoms with Gasteiger partial charge < -0.3 is 10.6 Å². The standard InChI is InChI=1S/C21H20N6O/c22-13-15-5-7-16(8-6-15)21(28)27-11-9-26(10-12-27)14-19-24-18-4-2-1-3-17(18)20(23)25-19/h1-8H,9-12,14H2,(H2,23,24,25). The fraction of sp³-hybridized carbons (Fsp3) is 0.238. The number of piperazine rings is 1. The summed E-state index contributed by atoms with van der Waals surface area (Å²) in [6.45, 7) is 3.38. The molecule has 140 valence electrons. The van der Waals surface area contributed by atoms with Gasteiger partial charge in [-0.15, -0.1) is 0 Å². The molecule has 0 bridgehead atoms. The zero-order chi connectivity index (χ0) is 19.5. The highest BCUT2D eigenvalue weighted by Crippen LogP contribution is 2.18. The summed E-state index contributed by atoms with van der Waals surface area (Å²) in [6, 6.07) is 16.5. The Balaban J connectivity index is 1.39. The van der Waals surface area contributed by atoms with E-state index in [1.54, 1.807) is 24.3 Å². The number of anilines is 1. The summed E-state index contributed by atoms with van der Waals surface area (Å²) in [5.41, 5.74) is 8.07. The number of hydrogen-bond acceptors (Lipinski definition) is 6. The summed E-state index contributed by atoms with van der Waals surface area (Å²) in [7, 11) is 0. The van der Waals surface area contributed by atoms with E-state index < -0.39 is 0 Å². The predicted octanol–water partition coefficient (Wildman–Crippen LogP) is 2.04. The van der Waals surface area contributed by atoms with Crippen molar-refractivity contribution in [2.45, 2.75) is 6.54 Å². The first-order valence-electron chi connectivity index (χ1n) is 9.17. The van der Waals surface area contributed by atoms with Crippen LogP contribution in [0.4, 0.5) is 5.82 Å². The molecule has 3 aromatic rings. The van der Waals surface area contributed by atoms with Crippen LogP contribution in [-0.4, -0.2) is 51.9 Å². The predicted molar refractivity (Wildman–Crippen MR) is 106 cm³/mol. The molecule has 0 aliphatic carbocycles. The van der Waals surface area contributed by atoms with E-state index in [-0.39, 0.29) is 5.91 Å². The molecular formula is C21H20N6O. The van der Waals surface area contributed by atoms with Crippen LogP contribution in [-0.2, 0) is 6.54 Å². The highest BCUT2D eigenvalue weighted by molar-refractivity contribution is 5.94. The number of nitriles is 1. The van der Waals surface area contributed by atoms with E-state index >= 15 is 0 Å². The van der Waals surface area contributed by atoms with Crippen molar-refractivity contribution in [3.63, 3.8) is 0 Å². The van der Waals surface area contributed by atoms with Crippen molar-refractivity contribution in [1.29, 1.82) is 5.26 Å². The van der Waals surface area contributed by atoms with E-state index in [0.717, 1.165) is 24.0 Å². The van der Waals surface area contributed by atoms with Gasteiger partial charge in [-0.3, -0.25) is 9.69 Å². The Morgan fingerprint density at radius 1 is 1.04 bits per heavy atom. The summed E-state index contributed by atoms with van der Waals surface area (Å²) in [5, 5.41) is 9.74. The average molecular weight is 372 g/mol. The third-order valence-electron chi connectivity index (χ3n) is 4.96. The van der Waals surface area contributed by atoms with Crippen molar-refractivity contribution in [3.05, 3.63) is 65.5 Å². The lowest BCUT2D eigenvalue weighted by molar-refractivity contribution is 0.0625. The Kier molecular flexibility index (Phi) is 4.87. The summed E-state index contributed by atoms with van der Waals surface area (Å²) in [5.74, 6) is 1.19. The second kappa shape index (κ2) is 7.62. The molecule has 7 heteroatoms. The molecule has 0 atom stereocenters. The number of nitrogens with zero attached hydrogens (tertiary/aromatic N) is 5. The Hall–Kier alpha value is -3.50. The highest BCUT2D eigenvalue weighted by atomic mass is 16.2. The Morgan fingerprint density at radius 2 is 1.75 bits per heavy atom. The minimum atomic E-state index is -0.00432. The summed E-state index contributed by atoms with van der Waals surface area (Å²) >= 11 is 0. The van der Waals surface area contributed by atoms with Crippen LogP contribution in [0.25, 0.3) is 10.9 Å². The lowest BCUT2D eigenvalue weighted by Gasteiger charge is -2.34. The molecule has 7 nitrogen and oxygen atoms in total. The number of benzene rings is 2. The van der Waals surface area contributed by atoms with Crippen molar-refractivity contribution < 1.29 is 4.79 Å². The molecular weight excluding hydrogens is 352 g/mol. The van der Waals surface area contributed by atoms with E-state index in [4.69, 9.17) is 11.0 Å². The zero-order valence-corrected chi connectivity index (χ0v) is 15.4. The summed E-state index contributed by atoms with van der Waals surface area (Å²) in [4.78, 5) is 25.7. The van der Waals surface area contributed by atoms with Crippen LogP contribution in [0.1, 0.15) is 21.7 Å². The van der Waals surface area contributed by atoms with E-state index in [0.29, 0.717) is 42.4 Å². The number of carbonyl (C=O) groups excluding carboxylic acids is 1. The third-order valence-corrected chi connectivity index (χ3v) is 4.96. The molecule has 1 fully saturated rings. The molecule has 1 aromatic heterocycles. The number of para-hydroxylation sites is 1. The number of hydrogen-bond donors (Lipinski definition) is 1. The summed E-state index contributed by atoms with van der Waals surface area (Å²) < 4.78 is 0. The number of aromatic nitrogens is 2. The van der Waals surface area contributed by atoms with Gasteiger partial charge in [-0.25, -0.2) is 9.97 Å². The number of rotatable bonds is 3. The normalized spacial score (nSPS) is 14.8. The second-order valence-electron chi connectivity index (χ2n) is 6.80. The maximum atomic E-state index is 12.6. The van der Waals surface area contributed by atoms with Crippen molar-refractivity contribution in [2.24, 2.45) is 0 Å². The molecule has 0 saturated carbocycles. The van der Waals surface area contributed by atoms with Gasteiger partial charge in [-0.2, -0.15) is 5.26 Å². The number of nitrogen functional groups attached to an aromatic ring is 1. The topological polar surface area (TPSA) is 99.1 Å². The molecule has 0 radical (unpaired) electrons. The molecule has 2 N–H and O–H groups in total. The van der Waals surface area contributed by atoms with Gasteiger partial charge in [-0.05, 0) is 36.4 Å². The third kappa shape index (κ3) is 3.63. The summed E-state index contributed by atoms with van der Waals surface area (Å²) in [6.07, 6.45) is 0. The first kappa shape index (κ1) is 17.9. The zero-order valence-electron chi connectivity index (χ0n) is 15.4. The van der Waals surface area contributed by atoms with Crippen LogP contribution in [0, 0.1) is 11.3 Å². The van der Waals surface area contributed by atoms with Crippen LogP contribution in [0.3, 0.4) is 0 Å². The monoisotopic (exact) mass is 372 g/mol. The number of amides is 1. The number of fused-ring (bicyclic) bond motifs is 1. The van der Waals surface area contributed by atoms with Crippen molar-refractivity contribution in [1.82, 2.24) is 19.8 Å². The fourth-order valence-corrected chi connectivity index (χ4v) is 3.40. The quantitative estimate of drug-likeness (QED) is 0.755. The molecule has 1 aliphatic heterocycles. The SMILES string of the molecule is N#Cc1ccc(C(=O)N2CCN(Cc3nc(N)c4ccccc4n3)CC2)cc1. The Bertz CT molecular complexity index is 1050. The Labute approximate surface area is 163 Å². The lowest BCUT2D eigenvalue weighted by Crippen LogP contribution is -2.48. The minimum Gasteiger partial charge on any atom is -0.383 e. The van der Waals surface area contributed by atoms with Crippen molar-refractivity contribution in [2.75, 3.05) is 31.9 Å². The largest absolute Gasteiger partial charge is 0.383 e. The smallest absolute Gasteiger partial charge is 0.253 e. The van der Waals surface area contributed by atoms with Crippen molar-refractivity contribution >= 4 is 22.6 Å². The maximum Gasteiger partial charge on any atom is 0.253 e. The van der Waals surface area contributed by atoms with Gasteiger partial charge in [0.15, 0.2) is 0 Å². The fourth-order valence-electron chi connectivity index (χ4n) is 3.40. The second-order valence-corrected chi connectivity index (χ2v) is 6.80. The van der Waals surface area contributed by atoms with Gasteiger partial charge in [0.2, 0.25) is 0 Å². The molecule has 2 aromatic carbocycles. The molecule has 0 unspecified atom stereocenters. The van der Waals surface area contributed by atoms with Gasteiger partial charge in [0, 0.05) is 37.1 Å². The van der Waals surface area contributed by atoms with Gasteiger partial charge in [-0.1, -0.05) is 12.1 Å². The van der Waals surface area contributed by atoms with Crippen LogP contribution in [0.15, 0.2) is 48.5 Å². The van der Waals surface area contributed by atoms with E-state index in [2.05, 4.69) is 20.9 Å². The van der Waals surface area contributed by atoms with Gasteiger partial charge in [0.1, 0.15) is 11.6 Å². The van der Waals surface area contributed by atoms with E-state index in [1.165, 1.54) is 0 Å². The first-order chi connectivity index (χ1) is 13.6. The molecule has 0 spiro atoms. The van der Waals surface area contributed by atoms with Crippen LogP contribution in [0.2, 0.25) is 0 Å². The van der Waals surface area contributed by atoms with E-state index in [9.17, 15) is 4.79 Å². The Morgan fingerprint density at radius 3 is 2.46 bits per heavy atom. The molecule has 1 amide bonds. The van der Waals surface area contributed by atoms with Gasteiger partial charge in [0.05, 0.1) is 23.7 Å². The number of carbonyl (C=O) groups is 1. The maximum absolute atomic E-state index is 12.6. The van der Waals surface area contributed by atoms with E-state index in [1.807, 2.05) is 29.2 Å². The van der Waals surface area contributed by atoms with Gasteiger partial charge >= 0.3 is 0 Å². The first-order valence-corrected chi connectivity index (χ1v) is 9.17. The number of nitrogens with two attached hydrogens (primary N) is 1. The average Bonchev–Trinajstić information content (AvgIpc) is 2.74. The lowest BCUT2D eigenvalue weighted by atomic mass is 10.1. The van der Waals surface area contributed by atoms with Crippen LogP contribution in [0.5, 0.6) is 0 Å². The molecule has 28 heavy (non-hydrogen) atoms. The van der Waals surface area contributed by atoms with Gasteiger partial charge in [0.25, 0.3) is 5.91 Å². The molecule has 2 heterocycles. The van der Waals surface area contributed by atoms with Crippen molar-refractivity contribution in [3.8, 4) is 6.07 Å². The van der Waals surface area contributed by atoms with Crippen LogP contribution >= 0.6 is 0 Å². The molecule has 4 rings (SSSR count). The highest BCUT2D eigenvalue weighted by Gasteiger charge is 2.23.